The second kappa shape index (κ2) is 8.41. The van der Waals surface area contributed by atoms with Gasteiger partial charge in [-0.15, -0.1) is 0 Å². The predicted molar refractivity (Wildman–Crippen MR) is 125 cm³/mol. The predicted octanol–water partition coefficient (Wildman–Crippen LogP) is 2.55. The fourth-order valence-corrected chi connectivity index (χ4v) is 5.34. The Morgan fingerprint density at radius 1 is 1.06 bits per heavy atom. The maximum atomic E-state index is 13.6. The standard InChI is InChI=1S/C21H16ClF3N4O6S/c1-26-15-7-6-12(8-16(15)27(2)36(26,34)35)28-10-13(19(31)32)18(30)29(20(28)33)9-11-4-3-5-14(22)17(11)21(23,24)25/h3-8,10H,9H2,1-2H3,(H,31,32). The lowest BCUT2D eigenvalue weighted by atomic mass is 10.1. The highest BCUT2D eigenvalue weighted by molar-refractivity contribution is 7.94. The number of fused-ring (bicyclic) bond motifs is 1. The third kappa shape index (κ3) is 3.91. The quantitative estimate of drug-likeness (QED) is 0.539. The summed E-state index contributed by atoms with van der Waals surface area (Å²) in [4.78, 5) is 37.8. The molecule has 1 aliphatic rings. The molecule has 15 heteroatoms. The zero-order valence-electron chi connectivity index (χ0n) is 18.4. The summed E-state index contributed by atoms with van der Waals surface area (Å²) in [6.45, 7) is -0.920. The normalized spacial score (nSPS) is 14.7. The average molecular weight is 545 g/mol. The molecule has 0 atom stereocenters. The number of aromatic carboxylic acids is 1. The van der Waals surface area contributed by atoms with Crippen molar-refractivity contribution >= 4 is 39.2 Å². The molecule has 10 nitrogen and oxygen atoms in total. The number of hydrogen-bond acceptors (Lipinski definition) is 5. The molecule has 0 unspecified atom stereocenters. The zero-order chi connectivity index (χ0) is 26.7. The van der Waals surface area contributed by atoms with Gasteiger partial charge in [-0.1, -0.05) is 23.7 Å². The van der Waals surface area contributed by atoms with Gasteiger partial charge in [0.15, 0.2) is 0 Å². The van der Waals surface area contributed by atoms with Crippen molar-refractivity contribution in [2.75, 3.05) is 22.7 Å². The molecule has 0 radical (unpaired) electrons. The van der Waals surface area contributed by atoms with Crippen LogP contribution < -0.4 is 19.9 Å². The van der Waals surface area contributed by atoms with Crippen molar-refractivity contribution in [2.45, 2.75) is 12.7 Å². The third-order valence-corrected chi connectivity index (χ3v) is 7.81. The van der Waals surface area contributed by atoms with E-state index in [0.717, 1.165) is 31.5 Å². The number of nitrogens with zero attached hydrogens (tertiary/aromatic N) is 4. The number of carbonyl (C=O) groups is 1. The fraction of sp³-hybridized carbons (Fsp3) is 0.190. The van der Waals surface area contributed by atoms with E-state index < -0.39 is 61.9 Å². The Kier molecular flexibility index (Phi) is 5.92. The van der Waals surface area contributed by atoms with Gasteiger partial charge in [-0.3, -0.25) is 22.5 Å². The highest BCUT2D eigenvalue weighted by Crippen LogP contribution is 2.40. The van der Waals surface area contributed by atoms with Crippen LogP contribution in [0.5, 0.6) is 0 Å². The van der Waals surface area contributed by atoms with Crippen LogP contribution in [0.3, 0.4) is 0 Å². The van der Waals surface area contributed by atoms with Crippen molar-refractivity contribution in [3.05, 3.63) is 85.1 Å². The van der Waals surface area contributed by atoms with Gasteiger partial charge < -0.3 is 5.11 Å². The Labute approximate surface area is 206 Å². The molecule has 1 aromatic heterocycles. The van der Waals surface area contributed by atoms with Gasteiger partial charge in [0, 0.05) is 20.3 Å². The van der Waals surface area contributed by atoms with Crippen LogP contribution in [0.4, 0.5) is 24.5 Å². The lowest BCUT2D eigenvalue weighted by molar-refractivity contribution is -0.138. The molecule has 4 rings (SSSR count). The number of halogens is 4. The molecule has 0 saturated carbocycles. The summed E-state index contributed by atoms with van der Waals surface area (Å²) in [7, 11) is -1.28. The summed E-state index contributed by atoms with van der Waals surface area (Å²) in [5.41, 5.74) is -4.73. The molecule has 3 aromatic rings. The summed E-state index contributed by atoms with van der Waals surface area (Å²) in [5.74, 6) is -1.72. The van der Waals surface area contributed by atoms with E-state index in [1.165, 1.54) is 38.4 Å². The number of benzene rings is 2. The van der Waals surface area contributed by atoms with Crippen LogP contribution in [0, 0.1) is 0 Å². The SMILES string of the molecule is CN1c2ccc(-n3cc(C(=O)O)c(=O)n(Cc4cccc(Cl)c4C(F)(F)F)c3=O)cc2N(C)S1(=O)=O. The Bertz CT molecular complexity index is 1650. The molecule has 0 saturated heterocycles. The monoisotopic (exact) mass is 544 g/mol. The minimum Gasteiger partial charge on any atom is -0.477 e. The van der Waals surface area contributed by atoms with E-state index in [0.29, 0.717) is 4.57 Å². The van der Waals surface area contributed by atoms with E-state index >= 15 is 0 Å². The highest BCUT2D eigenvalue weighted by Gasteiger charge is 2.37. The minimum absolute atomic E-state index is 0.0190. The summed E-state index contributed by atoms with van der Waals surface area (Å²) in [5, 5.41) is 8.87. The van der Waals surface area contributed by atoms with Crippen molar-refractivity contribution < 1.29 is 31.5 Å². The summed E-state index contributed by atoms with van der Waals surface area (Å²) >= 11 is 5.73. The number of anilines is 2. The Morgan fingerprint density at radius 3 is 2.31 bits per heavy atom. The van der Waals surface area contributed by atoms with Gasteiger partial charge in [-0.2, -0.15) is 21.6 Å². The Morgan fingerprint density at radius 2 is 1.69 bits per heavy atom. The van der Waals surface area contributed by atoms with E-state index in [4.69, 9.17) is 11.6 Å². The van der Waals surface area contributed by atoms with Gasteiger partial charge in [0.25, 0.3) is 5.56 Å². The smallest absolute Gasteiger partial charge is 0.418 e. The fourth-order valence-electron chi connectivity index (χ4n) is 3.87. The number of aromatic nitrogens is 2. The van der Waals surface area contributed by atoms with Crippen LogP contribution in [0.2, 0.25) is 5.02 Å². The lowest BCUT2D eigenvalue weighted by Crippen LogP contribution is -2.42. The number of alkyl halides is 3. The number of carboxylic acids is 1. The second-order valence-electron chi connectivity index (χ2n) is 7.78. The van der Waals surface area contributed by atoms with Gasteiger partial charge in [-0.25, -0.2) is 9.59 Å². The second-order valence-corrected chi connectivity index (χ2v) is 10.2. The molecule has 2 aromatic carbocycles. The van der Waals surface area contributed by atoms with Crippen molar-refractivity contribution in [3.8, 4) is 5.69 Å². The van der Waals surface area contributed by atoms with Crippen molar-refractivity contribution in [1.82, 2.24) is 9.13 Å². The maximum absolute atomic E-state index is 13.6. The zero-order valence-corrected chi connectivity index (χ0v) is 20.0. The van der Waals surface area contributed by atoms with Crippen LogP contribution in [-0.2, 0) is 22.9 Å². The number of carboxylic acid groups (broad SMARTS) is 1. The Balaban J connectivity index is 1.95. The van der Waals surface area contributed by atoms with Gasteiger partial charge in [-0.05, 0) is 29.8 Å². The maximum Gasteiger partial charge on any atom is 0.418 e. The molecule has 0 amide bonds. The summed E-state index contributed by atoms with van der Waals surface area (Å²) in [6.07, 6.45) is -4.18. The van der Waals surface area contributed by atoms with Crippen molar-refractivity contribution in [1.29, 1.82) is 0 Å². The van der Waals surface area contributed by atoms with Gasteiger partial charge in [0.1, 0.15) is 5.56 Å². The molecule has 0 aliphatic carbocycles. The number of hydrogen-bond donors (Lipinski definition) is 1. The van der Waals surface area contributed by atoms with E-state index in [2.05, 4.69) is 0 Å². The molecule has 2 heterocycles. The molecule has 36 heavy (non-hydrogen) atoms. The summed E-state index contributed by atoms with van der Waals surface area (Å²) in [6, 6.07) is 7.17. The lowest BCUT2D eigenvalue weighted by Gasteiger charge is -2.17. The van der Waals surface area contributed by atoms with Crippen molar-refractivity contribution in [2.24, 2.45) is 0 Å². The van der Waals surface area contributed by atoms with E-state index in [-0.39, 0.29) is 17.1 Å². The average Bonchev–Trinajstić information content (AvgIpc) is 2.95. The molecule has 0 fully saturated rings. The van der Waals surface area contributed by atoms with E-state index in [1.54, 1.807) is 0 Å². The first kappa shape index (κ1) is 25.3. The first-order valence-corrected chi connectivity index (χ1v) is 11.8. The highest BCUT2D eigenvalue weighted by atomic mass is 35.5. The van der Waals surface area contributed by atoms with Crippen LogP contribution in [0.1, 0.15) is 21.5 Å². The van der Waals surface area contributed by atoms with Gasteiger partial charge >= 0.3 is 28.0 Å². The van der Waals surface area contributed by atoms with Crippen LogP contribution >= 0.6 is 11.6 Å². The van der Waals surface area contributed by atoms with Crippen LogP contribution in [0.15, 0.2) is 52.2 Å². The topological polar surface area (TPSA) is 122 Å². The van der Waals surface area contributed by atoms with E-state index in [9.17, 15) is 41.1 Å². The molecule has 1 N–H and O–H groups in total. The van der Waals surface area contributed by atoms with Crippen molar-refractivity contribution in [3.63, 3.8) is 0 Å². The molecule has 190 valence electrons. The molecular formula is C21H16ClF3N4O6S. The van der Waals surface area contributed by atoms with Crippen LogP contribution in [0.25, 0.3) is 5.69 Å². The first-order valence-electron chi connectivity index (χ1n) is 9.98. The van der Waals surface area contributed by atoms with E-state index in [1.807, 2.05) is 0 Å². The third-order valence-electron chi connectivity index (χ3n) is 5.72. The first-order chi connectivity index (χ1) is 16.7. The van der Waals surface area contributed by atoms with Gasteiger partial charge in [0.2, 0.25) is 0 Å². The molecule has 0 spiro atoms. The van der Waals surface area contributed by atoms with Gasteiger partial charge in [0.05, 0.1) is 34.2 Å². The molecular weight excluding hydrogens is 529 g/mol. The molecule has 0 bridgehead atoms. The molecule has 1 aliphatic heterocycles. The minimum atomic E-state index is -4.91. The number of rotatable bonds is 4. The van der Waals surface area contributed by atoms with Crippen LogP contribution in [-0.4, -0.2) is 42.7 Å². The Hall–Kier alpha value is -3.78. The summed E-state index contributed by atoms with van der Waals surface area (Å²) < 4.78 is 68.7. The largest absolute Gasteiger partial charge is 0.477 e.